The van der Waals surface area contributed by atoms with E-state index in [-0.39, 0.29) is 6.61 Å². The van der Waals surface area contributed by atoms with Crippen molar-refractivity contribution >= 4 is 5.82 Å². The Balaban J connectivity index is 2.35. The van der Waals surface area contributed by atoms with Gasteiger partial charge in [0.15, 0.2) is 5.82 Å². The zero-order chi connectivity index (χ0) is 13.0. The maximum Gasteiger partial charge on any atom is 0.161 e. The molecule has 1 heterocycles. The van der Waals surface area contributed by atoms with Gasteiger partial charge >= 0.3 is 0 Å². The molecule has 4 heteroatoms. The van der Waals surface area contributed by atoms with Gasteiger partial charge in [-0.1, -0.05) is 23.8 Å². The standard InChI is InChI=1S/C14H17N3O/c1-10-4-3-5-12(8-10)14-16-11(2)9-13(17-14)15-6-7-18/h3-5,8-9,18H,6-7H2,1-2H3,(H,15,16,17). The van der Waals surface area contributed by atoms with Gasteiger partial charge in [0.05, 0.1) is 6.61 Å². The van der Waals surface area contributed by atoms with Gasteiger partial charge in [-0.2, -0.15) is 0 Å². The fraction of sp³-hybridized carbons (Fsp3) is 0.286. The fourth-order valence-electron chi connectivity index (χ4n) is 1.76. The highest BCUT2D eigenvalue weighted by atomic mass is 16.3. The van der Waals surface area contributed by atoms with Gasteiger partial charge < -0.3 is 10.4 Å². The van der Waals surface area contributed by atoms with Gasteiger partial charge in [-0.05, 0) is 19.9 Å². The van der Waals surface area contributed by atoms with Crippen molar-refractivity contribution in [3.63, 3.8) is 0 Å². The minimum Gasteiger partial charge on any atom is -0.395 e. The highest BCUT2D eigenvalue weighted by molar-refractivity contribution is 5.58. The van der Waals surface area contributed by atoms with E-state index in [9.17, 15) is 0 Å². The summed E-state index contributed by atoms with van der Waals surface area (Å²) < 4.78 is 0. The number of aliphatic hydroxyl groups excluding tert-OH is 1. The molecule has 0 fully saturated rings. The van der Waals surface area contributed by atoms with Crippen LogP contribution in [-0.4, -0.2) is 28.2 Å². The van der Waals surface area contributed by atoms with Gasteiger partial charge in [0.25, 0.3) is 0 Å². The van der Waals surface area contributed by atoms with E-state index in [0.29, 0.717) is 12.4 Å². The molecule has 0 spiro atoms. The van der Waals surface area contributed by atoms with E-state index < -0.39 is 0 Å². The van der Waals surface area contributed by atoms with Crippen molar-refractivity contribution in [3.05, 3.63) is 41.6 Å². The number of anilines is 1. The maximum atomic E-state index is 8.81. The van der Waals surface area contributed by atoms with Crippen molar-refractivity contribution in [1.29, 1.82) is 0 Å². The van der Waals surface area contributed by atoms with Crippen LogP contribution in [0.15, 0.2) is 30.3 Å². The summed E-state index contributed by atoms with van der Waals surface area (Å²) in [6.45, 7) is 4.56. The Morgan fingerprint density at radius 3 is 2.72 bits per heavy atom. The molecule has 0 unspecified atom stereocenters. The molecule has 2 N–H and O–H groups in total. The Morgan fingerprint density at radius 1 is 1.17 bits per heavy atom. The first-order chi connectivity index (χ1) is 8.69. The Morgan fingerprint density at radius 2 is 2.00 bits per heavy atom. The lowest BCUT2D eigenvalue weighted by molar-refractivity contribution is 0.311. The molecule has 0 aliphatic heterocycles. The largest absolute Gasteiger partial charge is 0.395 e. The van der Waals surface area contributed by atoms with Crippen LogP contribution in [0.25, 0.3) is 11.4 Å². The molecule has 0 aliphatic carbocycles. The number of hydrogen-bond acceptors (Lipinski definition) is 4. The molecule has 4 nitrogen and oxygen atoms in total. The van der Waals surface area contributed by atoms with Gasteiger partial charge in [0, 0.05) is 23.9 Å². The van der Waals surface area contributed by atoms with Crippen LogP contribution in [0.3, 0.4) is 0 Å². The summed E-state index contributed by atoms with van der Waals surface area (Å²) in [7, 11) is 0. The lowest BCUT2D eigenvalue weighted by atomic mass is 10.1. The van der Waals surface area contributed by atoms with Gasteiger partial charge in [0.2, 0.25) is 0 Å². The molecule has 18 heavy (non-hydrogen) atoms. The van der Waals surface area contributed by atoms with Crippen LogP contribution in [0.1, 0.15) is 11.3 Å². The maximum absolute atomic E-state index is 8.81. The molecular weight excluding hydrogens is 226 g/mol. The molecule has 2 aromatic rings. The predicted molar refractivity (Wildman–Crippen MR) is 72.5 cm³/mol. The zero-order valence-corrected chi connectivity index (χ0v) is 10.6. The molecule has 0 radical (unpaired) electrons. The summed E-state index contributed by atoms with van der Waals surface area (Å²) in [6, 6.07) is 9.97. The van der Waals surface area contributed by atoms with E-state index in [2.05, 4.69) is 21.4 Å². The number of rotatable bonds is 4. The second-order valence-electron chi connectivity index (χ2n) is 4.24. The lowest BCUT2D eigenvalue weighted by Gasteiger charge is -2.08. The van der Waals surface area contributed by atoms with Crippen molar-refractivity contribution in [2.24, 2.45) is 0 Å². The molecule has 0 saturated heterocycles. The number of aliphatic hydroxyl groups is 1. The van der Waals surface area contributed by atoms with Crippen LogP contribution < -0.4 is 5.32 Å². The van der Waals surface area contributed by atoms with Gasteiger partial charge in [-0.25, -0.2) is 9.97 Å². The van der Waals surface area contributed by atoms with Gasteiger partial charge in [-0.15, -0.1) is 0 Å². The SMILES string of the molecule is Cc1cccc(-c2nc(C)cc(NCCO)n2)c1. The average molecular weight is 243 g/mol. The third kappa shape index (κ3) is 3.05. The molecule has 2 rings (SSSR count). The first-order valence-corrected chi connectivity index (χ1v) is 5.96. The third-order valence-corrected chi connectivity index (χ3v) is 2.55. The second-order valence-corrected chi connectivity index (χ2v) is 4.24. The van der Waals surface area contributed by atoms with Gasteiger partial charge in [-0.3, -0.25) is 0 Å². The molecule has 1 aromatic heterocycles. The van der Waals surface area contributed by atoms with Crippen LogP contribution in [0.2, 0.25) is 0 Å². The molecule has 94 valence electrons. The summed E-state index contributed by atoms with van der Waals surface area (Å²) in [5.74, 6) is 1.45. The zero-order valence-electron chi connectivity index (χ0n) is 10.6. The summed E-state index contributed by atoms with van der Waals surface area (Å²) in [4.78, 5) is 8.89. The summed E-state index contributed by atoms with van der Waals surface area (Å²) in [5, 5.41) is 11.9. The minimum atomic E-state index is 0.0861. The number of benzene rings is 1. The van der Waals surface area contributed by atoms with E-state index in [1.165, 1.54) is 5.56 Å². The molecule has 0 aliphatic rings. The number of aromatic nitrogens is 2. The Kier molecular flexibility index (Phi) is 3.89. The number of nitrogens with one attached hydrogen (secondary N) is 1. The summed E-state index contributed by atoms with van der Waals surface area (Å²) in [5.41, 5.74) is 3.09. The summed E-state index contributed by atoms with van der Waals surface area (Å²) >= 11 is 0. The van der Waals surface area contributed by atoms with Crippen LogP contribution in [0, 0.1) is 13.8 Å². The van der Waals surface area contributed by atoms with Crippen molar-refractivity contribution in [1.82, 2.24) is 9.97 Å². The Bertz CT molecular complexity index is 540. The topological polar surface area (TPSA) is 58.0 Å². The van der Waals surface area contributed by atoms with E-state index in [4.69, 9.17) is 5.11 Å². The normalized spacial score (nSPS) is 10.4. The molecule has 0 atom stereocenters. The number of hydrogen-bond donors (Lipinski definition) is 2. The molecule has 0 amide bonds. The van der Waals surface area contributed by atoms with Gasteiger partial charge in [0.1, 0.15) is 5.82 Å². The van der Waals surface area contributed by atoms with Crippen molar-refractivity contribution in [2.45, 2.75) is 13.8 Å². The second kappa shape index (κ2) is 5.60. The van der Waals surface area contributed by atoms with E-state index >= 15 is 0 Å². The summed E-state index contributed by atoms with van der Waals surface area (Å²) in [6.07, 6.45) is 0. The third-order valence-electron chi connectivity index (χ3n) is 2.55. The molecular formula is C14H17N3O. The number of nitrogens with zero attached hydrogens (tertiary/aromatic N) is 2. The lowest BCUT2D eigenvalue weighted by Crippen LogP contribution is -2.08. The smallest absolute Gasteiger partial charge is 0.161 e. The first kappa shape index (κ1) is 12.5. The predicted octanol–water partition coefficient (Wildman–Crippen LogP) is 2.16. The van der Waals surface area contributed by atoms with Crippen molar-refractivity contribution in [2.75, 3.05) is 18.5 Å². The van der Waals surface area contributed by atoms with E-state index in [1.54, 1.807) is 0 Å². The monoisotopic (exact) mass is 243 g/mol. The first-order valence-electron chi connectivity index (χ1n) is 5.96. The van der Waals surface area contributed by atoms with Crippen LogP contribution >= 0.6 is 0 Å². The fourth-order valence-corrected chi connectivity index (χ4v) is 1.76. The Hall–Kier alpha value is -1.94. The average Bonchev–Trinajstić information content (AvgIpc) is 2.36. The van der Waals surface area contributed by atoms with Crippen LogP contribution in [0.4, 0.5) is 5.82 Å². The van der Waals surface area contributed by atoms with Crippen molar-refractivity contribution in [3.8, 4) is 11.4 Å². The highest BCUT2D eigenvalue weighted by Crippen LogP contribution is 2.18. The number of aryl methyl sites for hydroxylation is 2. The Labute approximate surface area is 107 Å². The highest BCUT2D eigenvalue weighted by Gasteiger charge is 2.04. The van der Waals surface area contributed by atoms with Crippen molar-refractivity contribution < 1.29 is 5.11 Å². The van der Waals surface area contributed by atoms with E-state index in [0.717, 1.165) is 17.1 Å². The molecule has 0 bridgehead atoms. The quantitative estimate of drug-likeness (QED) is 0.864. The minimum absolute atomic E-state index is 0.0861. The molecule has 0 saturated carbocycles. The van der Waals surface area contributed by atoms with E-state index in [1.807, 2.05) is 38.1 Å². The van der Waals surface area contributed by atoms with Crippen LogP contribution in [0.5, 0.6) is 0 Å². The van der Waals surface area contributed by atoms with Crippen LogP contribution in [-0.2, 0) is 0 Å². The molecule has 1 aromatic carbocycles.